The molecule has 0 bridgehead atoms. The molecule has 2 aromatic rings. The molecule has 1 atom stereocenters. The number of likely N-dealkylation sites (tertiary alicyclic amines) is 2. The molecule has 0 aliphatic carbocycles. The van der Waals surface area contributed by atoms with Gasteiger partial charge in [0.2, 0.25) is 6.79 Å². The summed E-state index contributed by atoms with van der Waals surface area (Å²) in [6, 6.07) is 15.2. The van der Waals surface area contributed by atoms with Crippen LogP contribution in [0.5, 0.6) is 11.5 Å². The number of piperidine rings is 2. The Bertz CT molecular complexity index is 875. The second kappa shape index (κ2) is 9.41. The van der Waals surface area contributed by atoms with Crippen LogP contribution in [0.15, 0.2) is 52.3 Å². The zero-order valence-corrected chi connectivity index (χ0v) is 19.0. The normalized spacial score (nSPS) is 22.0. The Morgan fingerprint density at radius 3 is 2.29 bits per heavy atom. The number of nitrogens with zero attached hydrogens (tertiary/aromatic N) is 2. The zero-order chi connectivity index (χ0) is 21.2. The zero-order valence-electron chi connectivity index (χ0n) is 18.2. The van der Waals surface area contributed by atoms with Crippen molar-refractivity contribution in [3.8, 4) is 11.5 Å². The van der Waals surface area contributed by atoms with Crippen LogP contribution in [0.25, 0.3) is 0 Å². The lowest BCUT2D eigenvalue weighted by atomic mass is 9.86. The lowest BCUT2D eigenvalue weighted by Crippen LogP contribution is -2.47. The second-order valence-electron chi connectivity index (χ2n) is 9.04. The van der Waals surface area contributed by atoms with E-state index >= 15 is 0 Å². The Kier molecular flexibility index (Phi) is 6.41. The maximum Gasteiger partial charge on any atom is 0.231 e. The van der Waals surface area contributed by atoms with Gasteiger partial charge in [-0.3, -0.25) is 0 Å². The number of hydrogen-bond acceptors (Lipinski definition) is 6. The third-order valence-corrected chi connectivity index (χ3v) is 8.02. The first kappa shape index (κ1) is 21.1. The van der Waals surface area contributed by atoms with E-state index in [0.29, 0.717) is 12.7 Å². The van der Waals surface area contributed by atoms with Gasteiger partial charge in [0.05, 0.1) is 6.10 Å². The summed E-state index contributed by atoms with van der Waals surface area (Å²) in [5.74, 6) is 1.98. The van der Waals surface area contributed by atoms with Crippen molar-refractivity contribution in [1.29, 1.82) is 0 Å². The average molecular weight is 441 g/mol. The maximum atomic E-state index is 11.0. The van der Waals surface area contributed by atoms with Crippen molar-refractivity contribution in [2.24, 2.45) is 5.92 Å². The number of rotatable bonds is 5. The predicted octanol–water partition coefficient (Wildman–Crippen LogP) is 4.41. The molecule has 31 heavy (non-hydrogen) atoms. The first-order valence-electron chi connectivity index (χ1n) is 11.4. The van der Waals surface area contributed by atoms with Gasteiger partial charge in [-0.05, 0) is 101 Å². The summed E-state index contributed by atoms with van der Waals surface area (Å²) >= 11 is 1.70. The van der Waals surface area contributed by atoms with E-state index < -0.39 is 0 Å². The molecule has 0 radical (unpaired) electrons. The number of ether oxygens (including phenoxy) is 2. The molecule has 3 aliphatic rings. The highest BCUT2D eigenvalue weighted by molar-refractivity contribution is 7.99. The molecule has 0 spiro atoms. The molecular weight excluding hydrogens is 408 g/mol. The molecule has 1 unspecified atom stereocenters. The van der Waals surface area contributed by atoms with E-state index in [1.165, 1.54) is 25.9 Å². The van der Waals surface area contributed by atoms with Crippen LogP contribution in [0.2, 0.25) is 0 Å². The highest BCUT2D eigenvalue weighted by atomic mass is 32.2. The van der Waals surface area contributed by atoms with E-state index in [1.54, 1.807) is 11.8 Å². The van der Waals surface area contributed by atoms with Crippen LogP contribution in [-0.2, 0) is 0 Å². The topological polar surface area (TPSA) is 45.2 Å². The van der Waals surface area contributed by atoms with Gasteiger partial charge in [-0.1, -0.05) is 23.9 Å². The van der Waals surface area contributed by atoms with E-state index in [2.05, 4.69) is 47.2 Å². The minimum atomic E-state index is -0.371. The van der Waals surface area contributed by atoms with E-state index in [0.717, 1.165) is 58.8 Å². The highest BCUT2D eigenvalue weighted by Gasteiger charge is 2.30. The molecule has 0 saturated carbocycles. The first-order valence-corrected chi connectivity index (χ1v) is 12.3. The SMILES string of the molecule is CN1CCC(N2CCC(C(O)c3ccc(Sc4ccc5c(c4)OCO5)cc3)CC2)CC1. The predicted molar refractivity (Wildman–Crippen MR) is 123 cm³/mol. The summed E-state index contributed by atoms with van der Waals surface area (Å²) in [5.41, 5.74) is 1.03. The average Bonchev–Trinajstić information content (AvgIpc) is 3.28. The quantitative estimate of drug-likeness (QED) is 0.743. The van der Waals surface area contributed by atoms with Gasteiger partial charge in [-0.25, -0.2) is 0 Å². The molecule has 2 saturated heterocycles. The number of fused-ring (bicyclic) bond motifs is 1. The molecule has 2 aromatic carbocycles. The molecule has 6 heteroatoms. The minimum absolute atomic E-state index is 0.299. The van der Waals surface area contributed by atoms with E-state index in [1.807, 2.05) is 12.1 Å². The van der Waals surface area contributed by atoms with Crippen molar-refractivity contribution >= 4 is 11.8 Å². The van der Waals surface area contributed by atoms with Crippen LogP contribution >= 0.6 is 11.8 Å². The van der Waals surface area contributed by atoms with Crippen molar-refractivity contribution in [3.63, 3.8) is 0 Å². The molecule has 5 nitrogen and oxygen atoms in total. The minimum Gasteiger partial charge on any atom is -0.454 e. The third-order valence-electron chi connectivity index (χ3n) is 7.03. The van der Waals surface area contributed by atoms with E-state index in [9.17, 15) is 5.11 Å². The van der Waals surface area contributed by atoms with Gasteiger partial charge in [-0.15, -0.1) is 0 Å². The first-order chi connectivity index (χ1) is 15.2. The van der Waals surface area contributed by atoms with Crippen molar-refractivity contribution < 1.29 is 14.6 Å². The van der Waals surface area contributed by atoms with Crippen LogP contribution in [0.3, 0.4) is 0 Å². The summed E-state index contributed by atoms with van der Waals surface area (Å²) < 4.78 is 10.9. The molecule has 0 amide bonds. The van der Waals surface area contributed by atoms with Crippen LogP contribution in [0.1, 0.15) is 37.4 Å². The van der Waals surface area contributed by atoms with Gasteiger partial charge in [0.1, 0.15) is 0 Å². The van der Waals surface area contributed by atoms with Crippen LogP contribution < -0.4 is 9.47 Å². The Balaban J connectivity index is 1.15. The smallest absolute Gasteiger partial charge is 0.231 e. The summed E-state index contributed by atoms with van der Waals surface area (Å²) in [5, 5.41) is 11.0. The largest absolute Gasteiger partial charge is 0.454 e. The van der Waals surface area contributed by atoms with Crippen molar-refractivity contribution in [3.05, 3.63) is 48.0 Å². The highest BCUT2D eigenvalue weighted by Crippen LogP contribution is 2.39. The molecule has 3 heterocycles. The Morgan fingerprint density at radius 2 is 1.55 bits per heavy atom. The number of benzene rings is 2. The fraction of sp³-hybridized carbons (Fsp3) is 0.520. The van der Waals surface area contributed by atoms with Gasteiger partial charge in [0.15, 0.2) is 11.5 Å². The molecule has 3 aliphatic heterocycles. The summed E-state index contributed by atoms with van der Waals surface area (Å²) in [7, 11) is 2.22. The van der Waals surface area contributed by atoms with Gasteiger partial charge in [0.25, 0.3) is 0 Å². The van der Waals surface area contributed by atoms with Gasteiger partial charge >= 0.3 is 0 Å². The van der Waals surface area contributed by atoms with Gasteiger partial charge < -0.3 is 24.4 Å². The van der Waals surface area contributed by atoms with Crippen LogP contribution in [0, 0.1) is 5.92 Å². The molecule has 1 N–H and O–H groups in total. The summed E-state index contributed by atoms with van der Waals surface area (Å²) in [6.45, 7) is 4.96. The van der Waals surface area contributed by atoms with Crippen molar-refractivity contribution in [2.75, 3.05) is 40.0 Å². The number of hydrogen-bond donors (Lipinski definition) is 1. The molecule has 5 rings (SSSR count). The molecule has 166 valence electrons. The van der Waals surface area contributed by atoms with Crippen molar-refractivity contribution in [2.45, 2.75) is 47.6 Å². The van der Waals surface area contributed by atoms with Gasteiger partial charge in [0, 0.05) is 15.8 Å². The number of aliphatic hydroxyl groups excluding tert-OH is 1. The standard InChI is InChI=1S/C25H32N2O3S/c1-26-12-10-20(11-13-26)27-14-8-19(9-15-27)25(28)18-2-4-21(5-3-18)31-22-6-7-23-24(16-22)30-17-29-23/h2-7,16,19-20,25,28H,8-15,17H2,1H3. The fourth-order valence-electron chi connectivity index (χ4n) is 5.04. The molecule has 2 fully saturated rings. The van der Waals surface area contributed by atoms with Crippen LogP contribution in [0.4, 0.5) is 0 Å². The third kappa shape index (κ3) is 4.87. The summed E-state index contributed by atoms with van der Waals surface area (Å²) in [6.07, 6.45) is 4.37. The number of aliphatic hydroxyl groups is 1. The second-order valence-corrected chi connectivity index (χ2v) is 10.2. The van der Waals surface area contributed by atoms with Crippen molar-refractivity contribution in [1.82, 2.24) is 9.80 Å². The molecule has 0 aromatic heterocycles. The Morgan fingerprint density at radius 1 is 0.871 bits per heavy atom. The summed E-state index contributed by atoms with van der Waals surface area (Å²) in [4.78, 5) is 7.38. The van der Waals surface area contributed by atoms with Crippen LogP contribution in [-0.4, -0.2) is 61.0 Å². The lowest BCUT2D eigenvalue weighted by molar-refractivity contribution is 0.0319. The maximum absolute atomic E-state index is 11.0. The molecular formula is C25H32N2O3S. The van der Waals surface area contributed by atoms with E-state index in [4.69, 9.17) is 9.47 Å². The fourth-order valence-corrected chi connectivity index (χ4v) is 5.89. The monoisotopic (exact) mass is 440 g/mol. The van der Waals surface area contributed by atoms with Gasteiger partial charge in [-0.2, -0.15) is 0 Å². The Labute approximate surface area is 189 Å². The lowest BCUT2D eigenvalue weighted by Gasteiger charge is -2.42. The Hall–Kier alpha value is -1.73. The van der Waals surface area contributed by atoms with E-state index in [-0.39, 0.29) is 6.10 Å².